The summed E-state index contributed by atoms with van der Waals surface area (Å²) in [5.74, 6) is 0.939. The molecule has 4 rings (SSSR count). The average molecular weight is 492 g/mol. The van der Waals surface area contributed by atoms with Gasteiger partial charge in [0.15, 0.2) is 5.82 Å². The lowest BCUT2D eigenvalue weighted by Crippen LogP contribution is -2.38. The third-order valence-electron chi connectivity index (χ3n) is 5.38. The van der Waals surface area contributed by atoms with Gasteiger partial charge in [-0.1, -0.05) is 6.07 Å². The summed E-state index contributed by atoms with van der Waals surface area (Å²) >= 11 is 0. The van der Waals surface area contributed by atoms with Gasteiger partial charge in [0.05, 0.1) is 25.5 Å². The van der Waals surface area contributed by atoms with E-state index in [0.717, 1.165) is 44.0 Å². The van der Waals surface area contributed by atoms with Crippen LogP contribution in [-0.4, -0.2) is 78.0 Å². The smallest absolute Gasteiger partial charge is 0.413 e. The Morgan fingerprint density at radius 2 is 1.92 bits per heavy atom. The number of rotatable bonds is 8. The van der Waals surface area contributed by atoms with Crippen LogP contribution in [0.4, 0.5) is 10.5 Å². The van der Waals surface area contributed by atoms with E-state index in [2.05, 4.69) is 30.2 Å². The predicted molar refractivity (Wildman–Crippen MR) is 135 cm³/mol. The van der Waals surface area contributed by atoms with Crippen LogP contribution in [0.2, 0.25) is 0 Å². The van der Waals surface area contributed by atoms with E-state index in [1.54, 1.807) is 37.6 Å². The van der Waals surface area contributed by atoms with E-state index in [4.69, 9.17) is 19.9 Å². The van der Waals surface area contributed by atoms with Crippen LogP contribution in [0.1, 0.15) is 6.92 Å². The second-order valence-corrected chi connectivity index (χ2v) is 7.83. The van der Waals surface area contributed by atoms with Crippen molar-refractivity contribution in [3.8, 4) is 28.4 Å². The van der Waals surface area contributed by atoms with Crippen molar-refractivity contribution >= 4 is 17.7 Å². The third-order valence-corrected chi connectivity index (χ3v) is 5.38. The Morgan fingerprint density at radius 3 is 2.64 bits per heavy atom. The summed E-state index contributed by atoms with van der Waals surface area (Å²) in [6.07, 6.45) is 4.38. The molecule has 2 aromatic heterocycles. The van der Waals surface area contributed by atoms with E-state index in [1.807, 2.05) is 24.3 Å². The Hall–Kier alpha value is -4.09. The first-order chi connectivity index (χ1) is 17.6. The van der Waals surface area contributed by atoms with Gasteiger partial charge in [-0.15, -0.1) is 0 Å². The molecular formula is C25H29N7O4. The van der Waals surface area contributed by atoms with E-state index >= 15 is 0 Å². The molecule has 3 N–H and O–H groups in total. The number of alkyl carbamates (subject to hydrolysis) is 1. The van der Waals surface area contributed by atoms with Gasteiger partial charge in [-0.05, 0) is 36.8 Å². The Balaban J connectivity index is 1.50. The molecule has 0 spiro atoms. The number of morpholine rings is 1. The summed E-state index contributed by atoms with van der Waals surface area (Å²) in [6.45, 7) is 6.71. The summed E-state index contributed by atoms with van der Waals surface area (Å²) < 4.78 is 16.0. The number of ether oxygens (including phenoxy) is 3. The minimum Gasteiger partial charge on any atom is -0.476 e. The van der Waals surface area contributed by atoms with Crippen molar-refractivity contribution in [1.29, 1.82) is 0 Å². The molecular weight excluding hydrogens is 462 g/mol. The zero-order valence-corrected chi connectivity index (χ0v) is 20.1. The van der Waals surface area contributed by atoms with Gasteiger partial charge >= 0.3 is 6.09 Å². The second kappa shape index (κ2) is 12.6. The SMILES string of the molecule is CCOC(=O)NC(N)=Nc1ccc(-c2ccc(OCCN3CCOCC3)nc2)cc1-c1ncccn1. The number of aromatic nitrogens is 3. The first-order valence-electron chi connectivity index (χ1n) is 11.7. The fourth-order valence-corrected chi connectivity index (χ4v) is 3.60. The molecule has 0 atom stereocenters. The first-order valence-corrected chi connectivity index (χ1v) is 11.7. The Morgan fingerprint density at radius 1 is 1.14 bits per heavy atom. The maximum absolute atomic E-state index is 11.7. The quantitative estimate of drug-likeness (QED) is 0.360. The second-order valence-electron chi connectivity index (χ2n) is 7.83. The first kappa shape index (κ1) is 25.0. The number of hydrogen-bond acceptors (Lipinski definition) is 9. The minimum atomic E-state index is -0.675. The molecule has 0 unspecified atom stereocenters. The van der Waals surface area contributed by atoms with Gasteiger partial charge in [-0.25, -0.2) is 24.7 Å². The van der Waals surface area contributed by atoms with Gasteiger partial charge in [0.25, 0.3) is 0 Å². The molecule has 1 amide bonds. The normalized spacial score (nSPS) is 14.3. The van der Waals surface area contributed by atoms with Crippen molar-refractivity contribution in [2.24, 2.45) is 10.7 Å². The van der Waals surface area contributed by atoms with Gasteiger partial charge in [-0.3, -0.25) is 10.2 Å². The van der Waals surface area contributed by atoms with Crippen molar-refractivity contribution in [2.45, 2.75) is 6.92 Å². The highest BCUT2D eigenvalue weighted by atomic mass is 16.5. The molecule has 1 aliphatic rings. The van der Waals surface area contributed by atoms with Crippen LogP contribution < -0.4 is 15.8 Å². The number of nitrogens with one attached hydrogen (secondary N) is 1. The molecule has 188 valence electrons. The zero-order valence-electron chi connectivity index (χ0n) is 20.1. The summed E-state index contributed by atoms with van der Waals surface area (Å²) in [6, 6.07) is 11.1. The molecule has 1 aromatic carbocycles. The van der Waals surface area contributed by atoms with Crippen molar-refractivity contribution in [3.05, 3.63) is 55.0 Å². The number of benzene rings is 1. The fourth-order valence-electron chi connectivity index (χ4n) is 3.60. The third kappa shape index (κ3) is 6.96. The number of nitrogens with two attached hydrogens (primary N) is 1. The average Bonchev–Trinajstić information content (AvgIpc) is 2.90. The van der Waals surface area contributed by atoms with Gasteiger partial charge in [-0.2, -0.15) is 0 Å². The standard InChI is InChI=1S/C25H29N7O4/c1-2-35-25(33)31-24(26)30-21-6-4-18(16-20(21)23-27-8-3-9-28-23)19-5-7-22(29-17-19)36-15-12-32-10-13-34-14-11-32/h3-9,16-17H,2,10-15H2,1H3,(H3,26,30,31,33). The summed E-state index contributed by atoms with van der Waals surface area (Å²) in [7, 11) is 0. The van der Waals surface area contributed by atoms with E-state index in [9.17, 15) is 4.79 Å². The number of carbonyl (C=O) groups excluding carboxylic acids is 1. The van der Waals surface area contributed by atoms with Crippen molar-refractivity contribution in [3.63, 3.8) is 0 Å². The molecule has 3 heterocycles. The molecule has 0 aliphatic carbocycles. The highest BCUT2D eigenvalue weighted by Crippen LogP contribution is 2.33. The molecule has 0 bridgehead atoms. The monoisotopic (exact) mass is 491 g/mol. The number of nitrogens with zero attached hydrogens (tertiary/aromatic N) is 5. The minimum absolute atomic E-state index is 0.0985. The van der Waals surface area contributed by atoms with Crippen molar-refractivity contribution in [1.82, 2.24) is 25.2 Å². The van der Waals surface area contributed by atoms with Gasteiger partial charge in [0, 0.05) is 55.4 Å². The number of carbonyl (C=O) groups is 1. The predicted octanol–water partition coefficient (Wildman–Crippen LogP) is 2.61. The number of pyridine rings is 1. The Labute approximate surface area is 209 Å². The zero-order chi connectivity index (χ0) is 25.2. The highest BCUT2D eigenvalue weighted by molar-refractivity contribution is 5.95. The molecule has 11 heteroatoms. The molecule has 0 saturated carbocycles. The Bertz CT molecular complexity index is 1170. The van der Waals surface area contributed by atoms with Gasteiger partial charge < -0.3 is 19.9 Å². The summed E-state index contributed by atoms with van der Waals surface area (Å²) in [5.41, 5.74) is 8.82. The lowest BCUT2D eigenvalue weighted by Gasteiger charge is -2.26. The number of aliphatic imine (C=N–C) groups is 1. The Kier molecular flexibility index (Phi) is 8.73. The van der Waals surface area contributed by atoms with E-state index in [1.165, 1.54) is 0 Å². The lowest BCUT2D eigenvalue weighted by atomic mass is 10.0. The van der Waals surface area contributed by atoms with Gasteiger partial charge in [0.2, 0.25) is 11.8 Å². The molecule has 0 radical (unpaired) electrons. The summed E-state index contributed by atoms with van der Waals surface area (Å²) in [4.78, 5) is 31.5. The van der Waals surface area contributed by atoms with E-state index < -0.39 is 6.09 Å². The van der Waals surface area contributed by atoms with Crippen LogP contribution >= 0.6 is 0 Å². The largest absolute Gasteiger partial charge is 0.476 e. The van der Waals surface area contributed by atoms with Crippen molar-refractivity contribution in [2.75, 3.05) is 46.1 Å². The van der Waals surface area contributed by atoms with Crippen molar-refractivity contribution < 1.29 is 19.0 Å². The van der Waals surface area contributed by atoms with E-state index in [0.29, 0.717) is 29.6 Å². The van der Waals surface area contributed by atoms with Crippen LogP contribution in [0, 0.1) is 0 Å². The maximum Gasteiger partial charge on any atom is 0.413 e. The highest BCUT2D eigenvalue weighted by Gasteiger charge is 2.13. The molecule has 3 aromatic rings. The molecule has 1 saturated heterocycles. The van der Waals surface area contributed by atoms with Crippen LogP contribution in [0.15, 0.2) is 60.0 Å². The molecule has 36 heavy (non-hydrogen) atoms. The molecule has 11 nitrogen and oxygen atoms in total. The number of amides is 1. The van der Waals surface area contributed by atoms with Crippen LogP contribution in [-0.2, 0) is 9.47 Å². The topological polar surface area (TPSA) is 137 Å². The maximum atomic E-state index is 11.7. The van der Waals surface area contributed by atoms with Crippen LogP contribution in [0.25, 0.3) is 22.5 Å². The van der Waals surface area contributed by atoms with Crippen LogP contribution in [0.5, 0.6) is 5.88 Å². The molecule has 1 aliphatic heterocycles. The van der Waals surface area contributed by atoms with Crippen LogP contribution in [0.3, 0.4) is 0 Å². The lowest BCUT2D eigenvalue weighted by molar-refractivity contribution is 0.0320. The van der Waals surface area contributed by atoms with Gasteiger partial charge in [0.1, 0.15) is 6.61 Å². The summed E-state index contributed by atoms with van der Waals surface area (Å²) in [5, 5.41) is 2.39. The number of hydrogen-bond donors (Lipinski definition) is 2. The fraction of sp³-hybridized carbons (Fsp3) is 0.320. The number of guanidine groups is 1. The molecule has 1 fully saturated rings. The van der Waals surface area contributed by atoms with E-state index in [-0.39, 0.29) is 12.6 Å².